The summed E-state index contributed by atoms with van der Waals surface area (Å²) in [5.41, 5.74) is 3.06. The number of hydrogen-bond acceptors (Lipinski definition) is 5. The van der Waals surface area contributed by atoms with Gasteiger partial charge < -0.3 is 9.72 Å². The topological polar surface area (TPSA) is 88.4 Å². The first-order valence-corrected chi connectivity index (χ1v) is 9.25. The number of H-pyrrole nitrogens is 1. The molecule has 0 aliphatic carbocycles. The molecule has 1 amide bonds. The van der Waals surface area contributed by atoms with Gasteiger partial charge in [-0.2, -0.15) is 5.10 Å². The van der Waals surface area contributed by atoms with Gasteiger partial charge in [-0.3, -0.25) is 14.4 Å². The van der Waals surface area contributed by atoms with Gasteiger partial charge in [0.15, 0.2) is 5.69 Å². The van der Waals surface area contributed by atoms with E-state index in [1.165, 1.54) is 17.6 Å². The highest BCUT2D eigenvalue weighted by Gasteiger charge is 2.29. The van der Waals surface area contributed by atoms with Crippen molar-refractivity contribution in [3.8, 4) is 11.4 Å². The highest BCUT2D eigenvalue weighted by atomic mass is 16.5. The standard InChI is InChI=1S/C20H22N6O2/c1-3-9-26-19(27)17-16(11-21-20(26)28-2)23-18(24-17)15-10-22-25(13-15)12-14-7-5-4-6-8-14/h4-8,10,13H,3,9,11-12H2,1-2H3,(H,23,24). The van der Waals surface area contributed by atoms with Gasteiger partial charge in [-0.15, -0.1) is 0 Å². The van der Waals surface area contributed by atoms with E-state index >= 15 is 0 Å². The summed E-state index contributed by atoms with van der Waals surface area (Å²) >= 11 is 0. The summed E-state index contributed by atoms with van der Waals surface area (Å²) in [7, 11) is 1.52. The van der Waals surface area contributed by atoms with Crippen LogP contribution in [0.2, 0.25) is 0 Å². The Labute approximate surface area is 162 Å². The maximum absolute atomic E-state index is 12.9. The van der Waals surface area contributed by atoms with Gasteiger partial charge in [0.1, 0.15) is 5.82 Å². The predicted octanol–water partition coefficient (Wildman–Crippen LogP) is 2.69. The first-order valence-electron chi connectivity index (χ1n) is 9.25. The smallest absolute Gasteiger partial charge is 0.294 e. The second-order valence-electron chi connectivity index (χ2n) is 6.58. The van der Waals surface area contributed by atoms with Gasteiger partial charge in [0.2, 0.25) is 0 Å². The van der Waals surface area contributed by atoms with E-state index in [2.05, 4.69) is 32.2 Å². The molecule has 0 radical (unpaired) electrons. The lowest BCUT2D eigenvalue weighted by molar-refractivity contribution is 0.0813. The van der Waals surface area contributed by atoms with Crippen LogP contribution in [-0.2, 0) is 17.8 Å². The third kappa shape index (κ3) is 3.40. The van der Waals surface area contributed by atoms with Gasteiger partial charge in [-0.25, -0.2) is 9.98 Å². The number of benzene rings is 1. The predicted molar refractivity (Wildman–Crippen MR) is 105 cm³/mol. The van der Waals surface area contributed by atoms with Crippen molar-refractivity contribution in [3.63, 3.8) is 0 Å². The number of aromatic nitrogens is 4. The van der Waals surface area contributed by atoms with Crippen molar-refractivity contribution < 1.29 is 9.53 Å². The minimum Gasteiger partial charge on any atom is -0.468 e. The van der Waals surface area contributed by atoms with Gasteiger partial charge in [0.05, 0.1) is 37.7 Å². The van der Waals surface area contributed by atoms with Crippen LogP contribution in [-0.4, -0.2) is 50.2 Å². The number of nitrogens with zero attached hydrogens (tertiary/aromatic N) is 5. The lowest BCUT2D eigenvalue weighted by Crippen LogP contribution is -2.38. The Balaban J connectivity index is 1.61. The van der Waals surface area contributed by atoms with E-state index in [-0.39, 0.29) is 5.91 Å². The summed E-state index contributed by atoms with van der Waals surface area (Å²) in [6.07, 6.45) is 4.47. The lowest BCUT2D eigenvalue weighted by Gasteiger charge is -2.19. The van der Waals surface area contributed by atoms with E-state index in [1.54, 1.807) is 6.20 Å². The molecule has 8 heteroatoms. The van der Waals surface area contributed by atoms with Crippen LogP contribution in [0.1, 0.15) is 35.1 Å². The number of carbonyl (C=O) groups excluding carboxylic acids is 1. The molecule has 8 nitrogen and oxygen atoms in total. The molecule has 1 aliphatic heterocycles. The molecule has 3 aromatic rings. The summed E-state index contributed by atoms with van der Waals surface area (Å²) in [6.45, 7) is 3.52. The molecule has 0 fully saturated rings. The van der Waals surface area contributed by atoms with Gasteiger partial charge in [-0.05, 0) is 12.0 Å². The molecule has 4 rings (SSSR count). The maximum atomic E-state index is 12.9. The number of aliphatic imine (C=N–C) groups is 1. The largest absolute Gasteiger partial charge is 0.468 e. The second-order valence-corrected chi connectivity index (χ2v) is 6.58. The van der Waals surface area contributed by atoms with Crippen molar-refractivity contribution in [3.05, 3.63) is 59.7 Å². The number of imidazole rings is 1. The molecule has 0 unspecified atom stereocenters. The minimum atomic E-state index is -0.200. The van der Waals surface area contributed by atoms with E-state index in [0.717, 1.165) is 12.0 Å². The van der Waals surface area contributed by atoms with Crippen LogP contribution in [0.5, 0.6) is 0 Å². The SMILES string of the molecule is CCCN1C(=O)c2nc(-c3cnn(Cc4ccccc4)c3)[nH]c2CN=C1OC. The monoisotopic (exact) mass is 378 g/mol. The molecular weight excluding hydrogens is 356 g/mol. The van der Waals surface area contributed by atoms with Crippen molar-refractivity contribution in [1.82, 2.24) is 24.6 Å². The van der Waals surface area contributed by atoms with Crippen LogP contribution >= 0.6 is 0 Å². The zero-order valence-electron chi connectivity index (χ0n) is 15.9. The molecule has 144 valence electrons. The van der Waals surface area contributed by atoms with Gasteiger partial charge in [0.25, 0.3) is 11.9 Å². The number of amides is 1. The fraction of sp³-hybridized carbons (Fsp3) is 0.300. The van der Waals surface area contributed by atoms with Crippen LogP contribution < -0.4 is 0 Å². The lowest BCUT2D eigenvalue weighted by atomic mass is 10.2. The van der Waals surface area contributed by atoms with Crippen LogP contribution in [0.4, 0.5) is 0 Å². The molecule has 1 aromatic carbocycles. The van der Waals surface area contributed by atoms with Crippen molar-refractivity contribution >= 4 is 11.9 Å². The fourth-order valence-corrected chi connectivity index (χ4v) is 3.22. The van der Waals surface area contributed by atoms with E-state index in [4.69, 9.17) is 4.74 Å². The molecule has 3 heterocycles. The minimum absolute atomic E-state index is 0.200. The van der Waals surface area contributed by atoms with Crippen molar-refractivity contribution in [1.29, 1.82) is 0 Å². The summed E-state index contributed by atoms with van der Waals surface area (Å²) < 4.78 is 7.13. The Morgan fingerprint density at radius 3 is 2.82 bits per heavy atom. The molecule has 0 atom stereocenters. The fourth-order valence-electron chi connectivity index (χ4n) is 3.22. The van der Waals surface area contributed by atoms with Crippen molar-refractivity contribution in [2.45, 2.75) is 26.4 Å². The number of methoxy groups -OCH3 is 1. The van der Waals surface area contributed by atoms with Crippen LogP contribution in [0, 0.1) is 0 Å². The average Bonchev–Trinajstić information content (AvgIpc) is 3.32. The van der Waals surface area contributed by atoms with Crippen LogP contribution in [0.15, 0.2) is 47.7 Å². The number of carbonyl (C=O) groups is 1. The molecule has 1 aliphatic rings. The van der Waals surface area contributed by atoms with Gasteiger partial charge in [-0.1, -0.05) is 37.3 Å². The number of rotatable bonds is 5. The van der Waals surface area contributed by atoms with Crippen molar-refractivity contribution in [2.75, 3.05) is 13.7 Å². The Morgan fingerprint density at radius 2 is 2.07 bits per heavy atom. The Kier molecular flexibility index (Phi) is 4.92. The summed E-state index contributed by atoms with van der Waals surface area (Å²) in [4.78, 5) is 26.7. The van der Waals surface area contributed by atoms with Crippen LogP contribution in [0.25, 0.3) is 11.4 Å². The number of ether oxygens (including phenoxy) is 1. The summed E-state index contributed by atoms with van der Waals surface area (Å²) in [5.74, 6) is 0.416. The summed E-state index contributed by atoms with van der Waals surface area (Å²) in [5, 5.41) is 4.42. The van der Waals surface area contributed by atoms with E-state index in [1.807, 2.05) is 36.0 Å². The molecule has 1 N–H and O–H groups in total. The molecule has 0 saturated heterocycles. The maximum Gasteiger partial charge on any atom is 0.294 e. The Bertz CT molecular complexity index is 1000. The number of amidine groups is 1. The average molecular weight is 378 g/mol. The molecule has 28 heavy (non-hydrogen) atoms. The van der Waals surface area contributed by atoms with Gasteiger partial charge in [0, 0.05) is 12.7 Å². The molecule has 0 spiro atoms. The number of nitrogens with one attached hydrogen (secondary N) is 1. The highest BCUT2D eigenvalue weighted by molar-refractivity contribution is 6.04. The van der Waals surface area contributed by atoms with E-state index in [0.29, 0.717) is 42.9 Å². The molecule has 0 saturated carbocycles. The highest BCUT2D eigenvalue weighted by Crippen LogP contribution is 2.22. The number of fused-ring (bicyclic) bond motifs is 1. The Hall–Kier alpha value is -3.42. The zero-order valence-corrected chi connectivity index (χ0v) is 15.9. The van der Waals surface area contributed by atoms with E-state index in [9.17, 15) is 4.79 Å². The first-order chi connectivity index (χ1) is 13.7. The van der Waals surface area contributed by atoms with Crippen LogP contribution in [0.3, 0.4) is 0 Å². The number of hydrogen-bond donors (Lipinski definition) is 1. The molecule has 0 bridgehead atoms. The number of aromatic amines is 1. The van der Waals surface area contributed by atoms with Crippen molar-refractivity contribution in [2.24, 2.45) is 4.99 Å². The molecular formula is C20H22N6O2. The third-order valence-corrected chi connectivity index (χ3v) is 4.55. The van der Waals surface area contributed by atoms with E-state index < -0.39 is 0 Å². The van der Waals surface area contributed by atoms with Gasteiger partial charge >= 0.3 is 0 Å². The Morgan fingerprint density at radius 1 is 1.25 bits per heavy atom. The third-order valence-electron chi connectivity index (χ3n) is 4.55. The second kappa shape index (κ2) is 7.67. The molecule has 2 aromatic heterocycles. The quantitative estimate of drug-likeness (QED) is 0.739. The summed E-state index contributed by atoms with van der Waals surface area (Å²) in [6, 6.07) is 10.4. The first kappa shape index (κ1) is 18.0. The normalized spacial score (nSPS) is 13.9. The zero-order chi connectivity index (χ0) is 19.5.